The van der Waals surface area contributed by atoms with Crippen LogP contribution in [0, 0.1) is 5.82 Å². The topological polar surface area (TPSA) is 83.3 Å². The minimum Gasteiger partial charge on any atom is -0.419 e. The monoisotopic (exact) mass is 523 g/mol. The van der Waals surface area contributed by atoms with Gasteiger partial charge >= 0.3 is 6.03 Å². The van der Waals surface area contributed by atoms with Crippen LogP contribution in [0.1, 0.15) is 18.7 Å². The molecule has 0 aliphatic carbocycles. The van der Waals surface area contributed by atoms with Crippen LogP contribution in [0.25, 0.3) is 22.2 Å². The molecule has 174 valence electrons. The van der Waals surface area contributed by atoms with Gasteiger partial charge in [-0.2, -0.15) is 0 Å². The van der Waals surface area contributed by atoms with E-state index in [4.69, 9.17) is 4.42 Å². The number of aromatic nitrogens is 2. The Bertz CT molecular complexity index is 1300. The van der Waals surface area contributed by atoms with Crippen LogP contribution in [-0.2, 0) is 6.54 Å². The Hall–Kier alpha value is -3.30. The SMILES string of the molecule is O=C(Nc1ccc(F)cc1)NC1CCN(Cc2nnc(-c3ccc4cc(Br)ccc4c3)o2)CC1. The van der Waals surface area contributed by atoms with Crippen LogP contribution in [0.5, 0.6) is 0 Å². The van der Waals surface area contributed by atoms with Gasteiger partial charge in [0.2, 0.25) is 11.8 Å². The molecule has 3 aromatic carbocycles. The number of fused-ring (bicyclic) bond motifs is 1. The van der Waals surface area contributed by atoms with Crippen molar-refractivity contribution in [2.75, 3.05) is 18.4 Å². The van der Waals surface area contributed by atoms with Crippen molar-refractivity contribution in [2.45, 2.75) is 25.4 Å². The molecule has 4 aromatic rings. The average Bonchev–Trinajstić information content (AvgIpc) is 3.30. The zero-order valence-electron chi connectivity index (χ0n) is 18.3. The minimum absolute atomic E-state index is 0.0765. The molecule has 2 heterocycles. The molecule has 0 atom stereocenters. The third-order valence-electron chi connectivity index (χ3n) is 5.90. The lowest BCUT2D eigenvalue weighted by Crippen LogP contribution is -2.45. The summed E-state index contributed by atoms with van der Waals surface area (Å²) in [6.07, 6.45) is 1.64. The van der Waals surface area contributed by atoms with E-state index in [0.717, 1.165) is 46.7 Å². The molecule has 34 heavy (non-hydrogen) atoms. The summed E-state index contributed by atoms with van der Waals surface area (Å²) in [5.74, 6) is 0.748. The second kappa shape index (κ2) is 9.90. The van der Waals surface area contributed by atoms with Gasteiger partial charge in [-0.15, -0.1) is 10.2 Å². The third kappa shape index (κ3) is 5.43. The van der Waals surface area contributed by atoms with E-state index in [9.17, 15) is 9.18 Å². The number of anilines is 1. The maximum absolute atomic E-state index is 13.0. The Labute approximate surface area is 204 Å². The van der Waals surface area contributed by atoms with E-state index in [0.29, 0.717) is 24.0 Å². The van der Waals surface area contributed by atoms with E-state index in [1.54, 1.807) is 0 Å². The van der Waals surface area contributed by atoms with Gasteiger partial charge in [-0.25, -0.2) is 9.18 Å². The molecule has 1 aromatic heterocycles. The van der Waals surface area contributed by atoms with Crippen molar-refractivity contribution < 1.29 is 13.6 Å². The quantitative estimate of drug-likeness (QED) is 0.356. The van der Waals surface area contributed by atoms with Gasteiger partial charge in [0.15, 0.2) is 0 Å². The van der Waals surface area contributed by atoms with Crippen LogP contribution in [0.3, 0.4) is 0 Å². The van der Waals surface area contributed by atoms with E-state index in [2.05, 4.69) is 53.8 Å². The molecule has 2 amide bonds. The van der Waals surface area contributed by atoms with Crippen LogP contribution >= 0.6 is 15.9 Å². The number of benzene rings is 3. The molecule has 0 saturated carbocycles. The van der Waals surface area contributed by atoms with Gasteiger partial charge in [0.05, 0.1) is 6.54 Å². The summed E-state index contributed by atoms with van der Waals surface area (Å²) in [6, 6.07) is 17.7. The van der Waals surface area contributed by atoms with E-state index in [-0.39, 0.29) is 17.9 Å². The summed E-state index contributed by atoms with van der Waals surface area (Å²) in [4.78, 5) is 14.5. The van der Waals surface area contributed by atoms with Gasteiger partial charge < -0.3 is 15.1 Å². The van der Waals surface area contributed by atoms with Crippen LogP contribution in [0.4, 0.5) is 14.9 Å². The van der Waals surface area contributed by atoms with E-state index >= 15 is 0 Å². The van der Waals surface area contributed by atoms with E-state index in [1.165, 1.54) is 24.3 Å². The van der Waals surface area contributed by atoms with E-state index < -0.39 is 0 Å². The van der Waals surface area contributed by atoms with Crippen molar-refractivity contribution in [1.82, 2.24) is 20.4 Å². The van der Waals surface area contributed by atoms with Crippen LogP contribution in [0.15, 0.2) is 69.6 Å². The molecule has 0 spiro atoms. The van der Waals surface area contributed by atoms with Gasteiger partial charge in [-0.1, -0.05) is 28.1 Å². The summed E-state index contributed by atoms with van der Waals surface area (Å²) in [5.41, 5.74) is 1.45. The highest BCUT2D eigenvalue weighted by Crippen LogP contribution is 2.26. The standard InChI is InChI=1S/C25H23BrFN5O2/c26-19-4-3-16-13-18(2-1-17(16)14-19)24-31-30-23(34-24)15-32-11-9-22(10-12-32)29-25(33)28-21-7-5-20(27)6-8-21/h1-8,13-14,22H,9-12,15H2,(H2,28,29,33). The summed E-state index contributed by atoms with van der Waals surface area (Å²) in [5, 5.41) is 16.4. The van der Waals surface area contributed by atoms with Crippen molar-refractivity contribution in [2.24, 2.45) is 0 Å². The molecule has 1 saturated heterocycles. The second-order valence-corrected chi connectivity index (χ2v) is 9.28. The molecular formula is C25H23BrFN5O2. The van der Waals surface area contributed by atoms with Crippen molar-refractivity contribution >= 4 is 38.4 Å². The first kappa shape index (κ1) is 22.5. The zero-order valence-corrected chi connectivity index (χ0v) is 19.9. The molecule has 1 aliphatic heterocycles. The minimum atomic E-state index is -0.336. The normalized spacial score (nSPS) is 14.9. The van der Waals surface area contributed by atoms with Crippen LogP contribution in [-0.4, -0.2) is 40.3 Å². The highest BCUT2D eigenvalue weighted by Gasteiger charge is 2.22. The molecule has 0 bridgehead atoms. The van der Waals surface area contributed by atoms with Crippen molar-refractivity contribution in [1.29, 1.82) is 0 Å². The average molecular weight is 524 g/mol. The summed E-state index contributed by atoms with van der Waals surface area (Å²) in [7, 11) is 0. The second-order valence-electron chi connectivity index (χ2n) is 8.36. The number of rotatable bonds is 5. The number of hydrogen-bond acceptors (Lipinski definition) is 5. The first-order chi connectivity index (χ1) is 16.5. The number of nitrogens with one attached hydrogen (secondary N) is 2. The number of hydrogen-bond donors (Lipinski definition) is 2. The number of halogens is 2. The number of urea groups is 1. The maximum atomic E-state index is 13.0. The highest BCUT2D eigenvalue weighted by atomic mass is 79.9. The Morgan fingerprint density at radius 2 is 1.76 bits per heavy atom. The Morgan fingerprint density at radius 3 is 2.56 bits per heavy atom. The van der Waals surface area contributed by atoms with Crippen LogP contribution < -0.4 is 10.6 Å². The van der Waals surface area contributed by atoms with Crippen molar-refractivity contribution in [3.63, 3.8) is 0 Å². The zero-order chi connectivity index (χ0) is 23.5. The molecule has 1 aliphatic rings. The smallest absolute Gasteiger partial charge is 0.319 e. The lowest BCUT2D eigenvalue weighted by molar-refractivity contribution is 0.177. The number of piperidine rings is 1. The van der Waals surface area contributed by atoms with Gasteiger partial charge in [-0.3, -0.25) is 4.90 Å². The fourth-order valence-corrected chi connectivity index (χ4v) is 4.48. The molecule has 5 rings (SSSR count). The third-order valence-corrected chi connectivity index (χ3v) is 6.39. The largest absolute Gasteiger partial charge is 0.419 e. The predicted molar refractivity (Wildman–Crippen MR) is 132 cm³/mol. The Morgan fingerprint density at radius 1 is 1.03 bits per heavy atom. The molecular weight excluding hydrogens is 501 g/mol. The first-order valence-electron chi connectivity index (χ1n) is 11.1. The summed E-state index contributed by atoms with van der Waals surface area (Å²) < 4.78 is 20.0. The molecule has 0 unspecified atom stereocenters. The molecule has 2 N–H and O–H groups in total. The molecule has 0 radical (unpaired) electrons. The first-order valence-corrected chi connectivity index (χ1v) is 11.9. The van der Waals surface area contributed by atoms with Gasteiger partial charge in [0, 0.05) is 34.9 Å². The molecule has 9 heteroatoms. The Kier molecular flexibility index (Phi) is 6.55. The number of carbonyl (C=O) groups is 1. The van der Waals surface area contributed by atoms with E-state index in [1.807, 2.05) is 24.3 Å². The number of carbonyl (C=O) groups excluding carboxylic acids is 1. The van der Waals surface area contributed by atoms with Gasteiger partial charge in [0.1, 0.15) is 5.82 Å². The number of amides is 2. The lowest BCUT2D eigenvalue weighted by atomic mass is 10.1. The summed E-state index contributed by atoms with van der Waals surface area (Å²) in [6.45, 7) is 2.19. The van der Waals surface area contributed by atoms with Crippen molar-refractivity contribution in [3.8, 4) is 11.5 Å². The fraction of sp³-hybridized carbons (Fsp3) is 0.240. The van der Waals surface area contributed by atoms with Gasteiger partial charge in [-0.05, 0) is 72.1 Å². The number of likely N-dealkylation sites (tertiary alicyclic amines) is 1. The number of nitrogens with zero attached hydrogens (tertiary/aromatic N) is 3. The van der Waals surface area contributed by atoms with Crippen molar-refractivity contribution in [3.05, 3.63) is 76.8 Å². The van der Waals surface area contributed by atoms with Gasteiger partial charge in [0.25, 0.3) is 0 Å². The summed E-state index contributed by atoms with van der Waals surface area (Å²) >= 11 is 3.50. The molecule has 1 fully saturated rings. The lowest BCUT2D eigenvalue weighted by Gasteiger charge is -2.31. The Balaban J connectivity index is 1.12. The predicted octanol–water partition coefficient (Wildman–Crippen LogP) is 5.58. The molecule has 7 nitrogen and oxygen atoms in total. The maximum Gasteiger partial charge on any atom is 0.319 e. The highest BCUT2D eigenvalue weighted by molar-refractivity contribution is 9.10. The van der Waals surface area contributed by atoms with Crippen LogP contribution in [0.2, 0.25) is 0 Å². The fourth-order valence-electron chi connectivity index (χ4n) is 4.10.